The van der Waals surface area contributed by atoms with Crippen LogP contribution in [-0.4, -0.2) is 25.8 Å². The predicted octanol–water partition coefficient (Wildman–Crippen LogP) is 1.39. The molecule has 1 aromatic heterocycles. The second kappa shape index (κ2) is 6.71. The molecular formula is C17H13BF3N3O3. The highest BCUT2D eigenvalue weighted by Gasteiger charge is 2.24. The minimum absolute atomic E-state index is 0.0171. The average Bonchev–Trinajstić information content (AvgIpc) is 2.67. The van der Waals surface area contributed by atoms with Crippen LogP contribution in [0, 0.1) is 17.5 Å². The quantitative estimate of drug-likeness (QED) is 0.408. The minimum atomic E-state index is -1.57. The third-order valence-electron chi connectivity index (χ3n) is 4.06. The molecule has 0 bridgehead atoms. The van der Waals surface area contributed by atoms with Crippen LogP contribution >= 0.6 is 0 Å². The Hall–Kier alpha value is -3.43. The highest BCUT2D eigenvalue weighted by Crippen LogP contribution is 2.36. The summed E-state index contributed by atoms with van der Waals surface area (Å²) >= 11 is 0. The first kappa shape index (κ1) is 18.4. The van der Waals surface area contributed by atoms with Crippen molar-refractivity contribution in [1.29, 1.82) is 0 Å². The molecule has 10 heteroatoms. The lowest BCUT2D eigenvalue weighted by Gasteiger charge is -2.15. The van der Waals surface area contributed by atoms with Crippen molar-refractivity contribution in [2.45, 2.75) is 0 Å². The van der Waals surface area contributed by atoms with Crippen LogP contribution in [0.1, 0.15) is 10.4 Å². The number of hydrogen-bond acceptors (Lipinski definition) is 5. The van der Waals surface area contributed by atoms with E-state index in [4.69, 9.17) is 20.9 Å². The fourth-order valence-corrected chi connectivity index (χ4v) is 2.57. The van der Waals surface area contributed by atoms with Gasteiger partial charge in [0.25, 0.3) is 5.91 Å². The van der Waals surface area contributed by atoms with Gasteiger partial charge in [-0.05, 0) is 17.6 Å². The normalized spacial score (nSPS) is 10.8. The molecule has 0 unspecified atom stereocenters. The number of primary amides is 1. The van der Waals surface area contributed by atoms with Crippen LogP contribution in [0.25, 0.3) is 10.9 Å². The van der Waals surface area contributed by atoms with Crippen LogP contribution in [0.4, 0.5) is 18.9 Å². The summed E-state index contributed by atoms with van der Waals surface area (Å²) in [4.78, 5) is 15.7. The molecule has 1 heterocycles. The van der Waals surface area contributed by atoms with Crippen LogP contribution in [-0.2, 0) is 0 Å². The lowest BCUT2D eigenvalue weighted by Crippen LogP contribution is -2.19. The molecule has 3 rings (SSSR count). The van der Waals surface area contributed by atoms with Gasteiger partial charge in [0, 0.05) is 17.6 Å². The highest BCUT2D eigenvalue weighted by molar-refractivity contribution is 6.36. The van der Waals surface area contributed by atoms with Crippen LogP contribution in [0.15, 0.2) is 24.4 Å². The van der Waals surface area contributed by atoms with Gasteiger partial charge >= 0.3 is 0 Å². The molecule has 4 N–H and O–H groups in total. The van der Waals surface area contributed by atoms with Crippen molar-refractivity contribution in [3.05, 3.63) is 47.4 Å². The minimum Gasteiger partial charge on any atom is -0.496 e. The van der Waals surface area contributed by atoms with E-state index in [2.05, 4.69) is 4.98 Å². The molecule has 0 radical (unpaired) electrons. The number of amides is 1. The molecule has 0 aliphatic carbocycles. The SMILES string of the molecule is Bc1c(N)c(F)c(F)c(Oc2ccnc3cc(OC)c(C(N)=O)cc23)c1F. The summed E-state index contributed by atoms with van der Waals surface area (Å²) in [5, 5.41) is 0.223. The number of halogens is 3. The summed E-state index contributed by atoms with van der Waals surface area (Å²) in [6, 6.07) is 4.04. The Labute approximate surface area is 152 Å². The molecule has 0 spiro atoms. The van der Waals surface area contributed by atoms with Gasteiger partial charge in [-0.15, -0.1) is 0 Å². The molecule has 3 aromatic rings. The van der Waals surface area contributed by atoms with Crippen LogP contribution in [0.5, 0.6) is 17.2 Å². The Morgan fingerprint density at radius 3 is 2.48 bits per heavy atom. The van der Waals surface area contributed by atoms with Gasteiger partial charge < -0.3 is 20.9 Å². The van der Waals surface area contributed by atoms with Crippen LogP contribution in [0.3, 0.4) is 0 Å². The zero-order valence-electron chi connectivity index (χ0n) is 14.3. The third kappa shape index (κ3) is 2.99. The summed E-state index contributed by atoms with van der Waals surface area (Å²) in [5.41, 5.74) is 10.1. The second-order valence-corrected chi connectivity index (χ2v) is 5.65. The summed E-state index contributed by atoms with van der Waals surface area (Å²) in [7, 11) is 2.54. The lowest BCUT2D eigenvalue weighted by atomic mass is 9.92. The largest absolute Gasteiger partial charge is 0.496 e. The van der Waals surface area contributed by atoms with Crippen LogP contribution in [0.2, 0.25) is 0 Å². The number of methoxy groups -OCH3 is 1. The van der Waals surface area contributed by atoms with Gasteiger partial charge in [0.2, 0.25) is 11.6 Å². The molecule has 0 atom stereocenters. The van der Waals surface area contributed by atoms with Crippen LogP contribution < -0.4 is 26.4 Å². The summed E-state index contributed by atoms with van der Waals surface area (Å²) < 4.78 is 52.9. The van der Waals surface area contributed by atoms with E-state index in [0.717, 1.165) is 0 Å². The van der Waals surface area contributed by atoms with Gasteiger partial charge in [-0.2, -0.15) is 4.39 Å². The Kier molecular flexibility index (Phi) is 4.56. The van der Waals surface area contributed by atoms with E-state index in [1.807, 2.05) is 0 Å². The van der Waals surface area contributed by atoms with E-state index in [-0.39, 0.29) is 27.9 Å². The van der Waals surface area contributed by atoms with Crippen molar-refractivity contribution >= 4 is 35.8 Å². The smallest absolute Gasteiger partial charge is 0.252 e. The van der Waals surface area contributed by atoms with Gasteiger partial charge in [0.05, 0.1) is 23.9 Å². The Bertz CT molecular complexity index is 1060. The number of carbonyl (C=O) groups excluding carboxylic acids is 1. The number of rotatable bonds is 4. The second-order valence-electron chi connectivity index (χ2n) is 5.65. The maximum absolute atomic E-state index is 14.4. The van der Waals surface area contributed by atoms with Crippen molar-refractivity contribution in [2.75, 3.05) is 12.8 Å². The fourth-order valence-electron chi connectivity index (χ4n) is 2.57. The number of fused-ring (bicyclic) bond motifs is 1. The van der Waals surface area contributed by atoms with Gasteiger partial charge in [-0.1, -0.05) is 0 Å². The van der Waals surface area contributed by atoms with Crippen molar-refractivity contribution in [3.8, 4) is 17.2 Å². The Morgan fingerprint density at radius 1 is 1.15 bits per heavy atom. The van der Waals surface area contributed by atoms with Gasteiger partial charge in [-0.25, -0.2) is 8.78 Å². The van der Waals surface area contributed by atoms with E-state index in [1.165, 1.54) is 39.4 Å². The Morgan fingerprint density at radius 2 is 1.85 bits per heavy atom. The van der Waals surface area contributed by atoms with Crippen molar-refractivity contribution < 1.29 is 27.4 Å². The summed E-state index contributed by atoms with van der Waals surface area (Å²) in [6.45, 7) is 0. The molecule has 27 heavy (non-hydrogen) atoms. The van der Waals surface area contributed by atoms with Gasteiger partial charge in [0.15, 0.2) is 11.6 Å². The lowest BCUT2D eigenvalue weighted by molar-refractivity contribution is 0.0997. The fraction of sp³-hybridized carbons (Fsp3) is 0.0588. The molecule has 0 fully saturated rings. The number of nitrogen functional groups attached to an aromatic ring is 1. The first-order valence-corrected chi connectivity index (χ1v) is 7.63. The van der Waals surface area contributed by atoms with E-state index < -0.39 is 34.8 Å². The number of pyridine rings is 1. The number of carbonyl (C=O) groups is 1. The molecular weight excluding hydrogens is 362 g/mol. The highest BCUT2D eigenvalue weighted by atomic mass is 19.2. The molecule has 2 aromatic carbocycles. The first-order chi connectivity index (χ1) is 12.8. The maximum Gasteiger partial charge on any atom is 0.252 e. The topological polar surface area (TPSA) is 100 Å². The number of nitrogens with zero attached hydrogens (tertiary/aromatic N) is 1. The standard InChI is InChI=1S/C17H13BF3N3O3/c1-26-10-5-8-6(4-7(10)17(23)25)9(2-3-24-8)27-16-12(19)11(18)15(22)13(20)14(16)21/h2-5H,18,22H2,1H3,(H2,23,25). The Balaban J connectivity index is 2.22. The van der Waals surface area contributed by atoms with Crippen molar-refractivity contribution in [1.82, 2.24) is 4.98 Å². The molecule has 0 saturated carbocycles. The van der Waals surface area contributed by atoms with E-state index >= 15 is 0 Å². The molecule has 138 valence electrons. The van der Waals surface area contributed by atoms with Crippen molar-refractivity contribution in [2.24, 2.45) is 5.73 Å². The molecule has 6 nitrogen and oxygen atoms in total. The monoisotopic (exact) mass is 375 g/mol. The number of hydrogen-bond donors (Lipinski definition) is 2. The van der Waals surface area contributed by atoms with Gasteiger partial charge in [-0.3, -0.25) is 9.78 Å². The zero-order valence-corrected chi connectivity index (χ0v) is 14.3. The summed E-state index contributed by atoms with van der Waals surface area (Å²) in [6.07, 6.45) is 1.32. The molecule has 0 aliphatic heterocycles. The number of aromatic nitrogens is 1. The predicted molar refractivity (Wildman–Crippen MR) is 95.8 cm³/mol. The van der Waals surface area contributed by atoms with E-state index in [1.54, 1.807) is 0 Å². The zero-order chi connectivity index (χ0) is 19.9. The van der Waals surface area contributed by atoms with E-state index in [9.17, 15) is 18.0 Å². The first-order valence-electron chi connectivity index (χ1n) is 7.63. The summed E-state index contributed by atoms with van der Waals surface area (Å²) in [5.74, 6) is -5.75. The van der Waals surface area contributed by atoms with Crippen molar-refractivity contribution in [3.63, 3.8) is 0 Å². The van der Waals surface area contributed by atoms with E-state index in [0.29, 0.717) is 5.52 Å². The number of ether oxygens (including phenoxy) is 2. The molecule has 0 aliphatic rings. The third-order valence-corrected chi connectivity index (χ3v) is 4.06. The average molecular weight is 375 g/mol. The number of benzene rings is 2. The number of anilines is 1. The molecule has 1 amide bonds. The van der Waals surface area contributed by atoms with Gasteiger partial charge in [0.1, 0.15) is 19.3 Å². The number of nitrogens with two attached hydrogens (primary N) is 2. The maximum atomic E-state index is 14.4. The molecule has 0 saturated heterocycles.